The number of hydrogen-bond donors (Lipinski definition) is 0. The summed E-state index contributed by atoms with van der Waals surface area (Å²) in [6.07, 6.45) is 1.68. The molecule has 12 rings (SSSR count). The number of nitrogens with zero attached hydrogens (tertiary/aromatic N) is 5. The number of hydrogen-bond acceptors (Lipinski definition) is 5. The Labute approximate surface area is 354 Å². The molecule has 6 heteroatoms. The quantitative estimate of drug-likeness (QED) is 0.174. The minimum atomic E-state index is 0.616. The maximum absolute atomic E-state index is 6.14. The Hall–Kier alpha value is -7.83. The molecule has 10 aromatic rings. The van der Waals surface area contributed by atoms with Crippen LogP contribution in [-0.2, 0) is 12.8 Å². The highest BCUT2D eigenvalue weighted by Crippen LogP contribution is 2.44. The molecule has 0 saturated heterocycles. The molecule has 290 valence electrons. The van der Waals surface area contributed by atoms with E-state index in [0.29, 0.717) is 24.1 Å². The smallest absolute Gasteiger partial charge is 0.164 e. The summed E-state index contributed by atoms with van der Waals surface area (Å²) in [5, 5.41) is 2.54. The van der Waals surface area contributed by atoms with Crippen LogP contribution >= 0.6 is 0 Å². The molecule has 2 aromatic heterocycles. The Balaban J connectivity index is 0.964. The third-order valence-corrected chi connectivity index (χ3v) is 12.3. The van der Waals surface area contributed by atoms with E-state index in [4.69, 9.17) is 19.7 Å². The highest BCUT2D eigenvalue weighted by atomic mass is 16.5. The molecule has 0 spiro atoms. The third kappa shape index (κ3) is 6.06. The van der Waals surface area contributed by atoms with E-state index in [2.05, 4.69) is 167 Å². The van der Waals surface area contributed by atoms with Crippen LogP contribution in [-0.4, -0.2) is 32.7 Å². The van der Waals surface area contributed by atoms with Gasteiger partial charge in [-0.3, -0.25) is 0 Å². The van der Waals surface area contributed by atoms with E-state index in [1.165, 1.54) is 55.3 Å². The van der Waals surface area contributed by atoms with Crippen LogP contribution in [0.1, 0.15) is 11.1 Å². The molecule has 0 bridgehead atoms. The van der Waals surface area contributed by atoms with Gasteiger partial charge in [-0.25, -0.2) is 15.0 Å². The van der Waals surface area contributed by atoms with E-state index in [-0.39, 0.29) is 0 Å². The summed E-state index contributed by atoms with van der Waals surface area (Å²) in [5.74, 6) is 2.84. The van der Waals surface area contributed by atoms with Gasteiger partial charge in [-0.2, -0.15) is 0 Å². The number of ether oxygens (including phenoxy) is 1. The van der Waals surface area contributed by atoms with Crippen molar-refractivity contribution in [2.24, 2.45) is 0 Å². The van der Waals surface area contributed by atoms with Gasteiger partial charge in [0.15, 0.2) is 17.5 Å². The van der Waals surface area contributed by atoms with Gasteiger partial charge in [0.25, 0.3) is 0 Å². The van der Waals surface area contributed by atoms with Crippen molar-refractivity contribution >= 4 is 33.2 Å². The van der Waals surface area contributed by atoms with Gasteiger partial charge >= 0.3 is 0 Å². The second-order valence-corrected chi connectivity index (χ2v) is 15.8. The first-order chi connectivity index (χ1) is 30.2. The first-order valence-corrected chi connectivity index (χ1v) is 21.0. The molecule has 2 aliphatic heterocycles. The first kappa shape index (κ1) is 35.1. The van der Waals surface area contributed by atoms with E-state index in [0.717, 1.165) is 58.8 Å². The summed E-state index contributed by atoms with van der Waals surface area (Å²) in [5.41, 5.74) is 16.0. The molecule has 0 atom stereocenters. The summed E-state index contributed by atoms with van der Waals surface area (Å²) < 4.78 is 8.55. The van der Waals surface area contributed by atoms with Crippen molar-refractivity contribution < 1.29 is 4.74 Å². The van der Waals surface area contributed by atoms with Crippen molar-refractivity contribution in [1.29, 1.82) is 0 Å². The highest BCUT2D eigenvalue weighted by Gasteiger charge is 2.25. The Morgan fingerprint density at radius 3 is 1.92 bits per heavy atom. The van der Waals surface area contributed by atoms with Gasteiger partial charge in [0.05, 0.1) is 17.6 Å². The summed E-state index contributed by atoms with van der Waals surface area (Å²) >= 11 is 0. The fourth-order valence-corrected chi connectivity index (χ4v) is 9.38. The van der Waals surface area contributed by atoms with Crippen LogP contribution < -0.4 is 9.64 Å². The second-order valence-electron chi connectivity index (χ2n) is 15.8. The van der Waals surface area contributed by atoms with Gasteiger partial charge in [-0.15, -0.1) is 0 Å². The van der Waals surface area contributed by atoms with Crippen molar-refractivity contribution in [1.82, 2.24) is 19.5 Å². The fraction of sp³-hybridized carbons (Fsp3) is 0.0727. The predicted octanol–water partition coefficient (Wildman–Crippen LogP) is 12.9. The van der Waals surface area contributed by atoms with Crippen LogP contribution in [0.2, 0.25) is 0 Å². The minimum Gasteiger partial charge on any atom is -0.493 e. The molecule has 0 amide bonds. The van der Waals surface area contributed by atoms with Gasteiger partial charge in [-0.05, 0) is 89.3 Å². The van der Waals surface area contributed by atoms with Crippen molar-refractivity contribution in [2.45, 2.75) is 12.8 Å². The zero-order valence-electron chi connectivity index (χ0n) is 33.4. The van der Waals surface area contributed by atoms with Crippen LogP contribution in [0, 0.1) is 0 Å². The predicted molar refractivity (Wildman–Crippen MR) is 248 cm³/mol. The largest absolute Gasteiger partial charge is 0.493 e. The van der Waals surface area contributed by atoms with E-state index in [1.54, 1.807) is 0 Å². The lowest BCUT2D eigenvalue weighted by Crippen LogP contribution is -2.19. The normalized spacial score (nSPS) is 13.1. The topological polar surface area (TPSA) is 56.1 Å². The summed E-state index contributed by atoms with van der Waals surface area (Å²) in [6, 6.07) is 66.8. The molecule has 0 aliphatic carbocycles. The average Bonchev–Trinajstić information content (AvgIpc) is 3.41. The fourth-order valence-electron chi connectivity index (χ4n) is 9.38. The maximum atomic E-state index is 6.14. The highest BCUT2D eigenvalue weighted by molar-refractivity contribution is 6.11. The molecule has 6 nitrogen and oxygen atoms in total. The molecule has 0 radical (unpaired) electrons. The van der Waals surface area contributed by atoms with E-state index in [1.807, 2.05) is 30.3 Å². The van der Waals surface area contributed by atoms with Crippen LogP contribution in [0.3, 0.4) is 0 Å². The maximum Gasteiger partial charge on any atom is 0.164 e. The van der Waals surface area contributed by atoms with Crippen molar-refractivity contribution in [3.63, 3.8) is 0 Å². The molecule has 0 N–H and O–H groups in total. The molecule has 2 aliphatic rings. The van der Waals surface area contributed by atoms with Gasteiger partial charge in [0.1, 0.15) is 5.75 Å². The summed E-state index contributed by atoms with van der Waals surface area (Å²) in [6.45, 7) is 1.43. The Morgan fingerprint density at radius 2 is 1.07 bits per heavy atom. The van der Waals surface area contributed by atoms with Crippen molar-refractivity contribution in [2.75, 3.05) is 18.1 Å². The van der Waals surface area contributed by atoms with E-state index < -0.39 is 0 Å². The van der Waals surface area contributed by atoms with Gasteiger partial charge < -0.3 is 14.2 Å². The number of aromatic nitrogens is 4. The zero-order chi connectivity index (χ0) is 40.3. The van der Waals surface area contributed by atoms with Crippen molar-refractivity contribution in [3.8, 4) is 67.9 Å². The van der Waals surface area contributed by atoms with Crippen molar-refractivity contribution in [3.05, 3.63) is 199 Å². The number of rotatable bonds is 5. The molecule has 0 unspecified atom stereocenters. The monoisotopic (exact) mass is 785 g/mol. The number of benzene rings is 8. The minimum absolute atomic E-state index is 0.616. The lowest BCUT2D eigenvalue weighted by molar-refractivity contribution is 0.326. The van der Waals surface area contributed by atoms with Gasteiger partial charge in [-0.1, -0.05) is 127 Å². The van der Waals surface area contributed by atoms with Gasteiger partial charge in [0, 0.05) is 68.6 Å². The standard InChI is InChI=1S/C55H39N5O/c1-3-14-36(15-4-1)53-56-54(58-55(57-53)40-26-27-43-38(32-40)29-31-61-52-25-12-9-22-46(43)52)39-16-13-19-42(33-39)59-30-28-37-34-48-45-21-8-11-24-50(45)60(41-17-5-2-6-18-41)51(48)35-47(37)44-20-7-10-23-49(44)59/h1-27,32-35H,28-31H2. The molecular formula is C55H39N5O. The Morgan fingerprint density at radius 1 is 0.410 bits per heavy atom. The van der Waals surface area contributed by atoms with Crippen LogP contribution in [0.15, 0.2) is 188 Å². The Kier molecular flexibility index (Phi) is 8.33. The van der Waals surface area contributed by atoms with E-state index >= 15 is 0 Å². The third-order valence-electron chi connectivity index (χ3n) is 12.3. The van der Waals surface area contributed by atoms with E-state index in [9.17, 15) is 0 Å². The molecule has 61 heavy (non-hydrogen) atoms. The van der Waals surface area contributed by atoms with Crippen LogP contribution in [0.25, 0.3) is 83.9 Å². The zero-order valence-corrected chi connectivity index (χ0v) is 33.4. The molecule has 8 aromatic carbocycles. The summed E-state index contributed by atoms with van der Waals surface area (Å²) in [4.78, 5) is 17.9. The molecule has 0 fully saturated rings. The first-order valence-electron chi connectivity index (χ1n) is 21.0. The van der Waals surface area contributed by atoms with Crippen LogP contribution in [0.4, 0.5) is 11.4 Å². The summed E-state index contributed by atoms with van der Waals surface area (Å²) in [7, 11) is 0. The van der Waals surface area contributed by atoms with Gasteiger partial charge in [0.2, 0.25) is 0 Å². The SMILES string of the molecule is c1ccc(-c2nc(-c3cccc(N4CCc5cc6c7ccccc7n(-c7ccccc7)c6cc5-c5ccccc54)c3)nc(-c3ccc4c(c3)CCOc3ccccc3-4)n2)cc1. The lowest BCUT2D eigenvalue weighted by atomic mass is 9.95. The Bertz CT molecular complexity index is 3300. The average molecular weight is 786 g/mol. The lowest BCUT2D eigenvalue weighted by Gasteiger charge is -2.25. The molecule has 0 saturated carbocycles. The number of anilines is 2. The number of para-hydroxylation sites is 4. The molecular weight excluding hydrogens is 747 g/mol. The van der Waals surface area contributed by atoms with Crippen LogP contribution in [0.5, 0.6) is 5.75 Å². The molecule has 4 heterocycles. The number of fused-ring (bicyclic) bond motifs is 9. The second kappa shape index (κ2) is 14.5.